The fraction of sp³-hybridized carbons (Fsp3) is 0.318. The van der Waals surface area contributed by atoms with Gasteiger partial charge in [-0.25, -0.2) is 0 Å². The van der Waals surface area contributed by atoms with E-state index in [-0.39, 0.29) is 18.1 Å². The van der Waals surface area contributed by atoms with Crippen LogP contribution in [-0.2, 0) is 16.0 Å². The fourth-order valence-electron chi connectivity index (χ4n) is 4.12. The number of H-pyrrole nitrogens is 1. The average molecular weight is 364 g/mol. The molecule has 0 aliphatic carbocycles. The number of aryl methyl sites for hydroxylation is 2. The monoisotopic (exact) mass is 364 g/mol. The molecule has 1 aliphatic heterocycles. The van der Waals surface area contributed by atoms with Gasteiger partial charge in [0.1, 0.15) is 11.8 Å². The molecule has 0 saturated heterocycles. The van der Waals surface area contributed by atoms with Crippen molar-refractivity contribution in [2.75, 3.05) is 14.2 Å². The number of para-hydroxylation sites is 1. The molecule has 140 valence electrons. The molecule has 1 aliphatic rings. The molecule has 2 atom stereocenters. The summed E-state index contributed by atoms with van der Waals surface area (Å²) in [4.78, 5) is 15.9. The highest BCUT2D eigenvalue weighted by Gasteiger charge is 2.35. The second kappa shape index (κ2) is 6.74. The van der Waals surface area contributed by atoms with Crippen molar-refractivity contribution in [3.05, 3.63) is 64.3 Å². The Bertz CT molecular complexity index is 1020. The zero-order valence-corrected chi connectivity index (χ0v) is 16.1. The van der Waals surface area contributed by atoms with Crippen LogP contribution in [0.3, 0.4) is 0 Å². The first-order chi connectivity index (χ1) is 13.0. The van der Waals surface area contributed by atoms with E-state index < -0.39 is 0 Å². The molecule has 2 unspecified atom stereocenters. The number of fused-ring (bicyclic) bond motifs is 3. The zero-order chi connectivity index (χ0) is 19.1. The van der Waals surface area contributed by atoms with Gasteiger partial charge in [0.05, 0.1) is 20.3 Å². The first-order valence-electron chi connectivity index (χ1n) is 9.12. The minimum absolute atomic E-state index is 0.116. The third-order valence-corrected chi connectivity index (χ3v) is 5.49. The van der Waals surface area contributed by atoms with Gasteiger partial charge in [-0.05, 0) is 48.2 Å². The molecule has 2 heterocycles. The van der Waals surface area contributed by atoms with Crippen LogP contribution in [0.4, 0.5) is 0 Å². The normalized spacial score (nSPS) is 19.0. The molecule has 2 N–H and O–H groups in total. The van der Waals surface area contributed by atoms with E-state index in [1.54, 1.807) is 7.11 Å². The predicted octanol–water partition coefficient (Wildman–Crippen LogP) is 3.57. The topological polar surface area (TPSA) is 63.4 Å². The summed E-state index contributed by atoms with van der Waals surface area (Å²) in [5.41, 5.74) is 6.70. The van der Waals surface area contributed by atoms with E-state index in [9.17, 15) is 4.79 Å². The lowest BCUT2D eigenvalue weighted by Crippen LogP contribution is -2.45. The molecule has 1 aromatic heterocycles. The fourth-order valence-corrected chi connectivity index (χ4v) is 4.12. The molecule has 3 aromatic rings. The van der Waals surface area contributed by atoms with Gasteiger partial charge in [0.2, 0.25) is 0 Å². The van der Waals surface area contributed by atoms with Crippen LogP contribution in [0.1, 0.15) is 34.0 Å². The highest BCUT2D eigenvalue weighted by Crippen LogP contribution is 2.37. The number of esters is 1. The minimum atomic E-state index is -0.381. The van der Waals surface area contributed by atoms with Crippen molar-refractivity contribution < 1.29 is 14.3 Å². The molecular weight excluding hydrogens is 340 g/mol. The summed E-state index contributed by atoms with van der Waals surface area (Å²) in [6.45, 7) is 4.11. The lowest BCUT2D eigenvalue weighted by molar-refractivity contribution is -0.143. The van der Waals surface area contributed by atoms with Crippen molar-refractivity contribution in [1.29, 1.82) is 0 Å². The third kappa shape index (κ3) is 2.88. The van der Waals surface area contributed by atoms with Crippen LogP contribution in [0.25, 0.3) is 10.9 Å². The van der Waals surface area contributed by atoms with Crippen molar-refractivity contribution in [2.24, 2.45) is 0 Å². The number of nitrogens with one attached hydrogen (secondary N) is 2. The Morgan fingerprint density at radius 3 is 2.63 bits per heavy atom. The van der Waals surface area contributed by atoms with Crippen molar-refractivity contribution in [3.63, 3.8) is 0 Å². The summed E-state index contributed by atoms with van der Waals surface area (Å²) in [6.07, 6.45) is 0.608. The van der Waals surface area contributed by atoms with Crippen LogP contribution in [0.15, 0.2) is 36.4 Å². The summed E-state index contributed by atoms with van der Waals surface area (Å²) >= 11 is 0. The molecule has 5 heteroatoms. The van der Waals surface area contributed by atoms with E-state index >= 15 is 0 Å². The number of aromatic amines is 1. The van der Waals surface area contributed by atoms with E-state index in [0.717, 1.165) is 39.0 Å². The summed E-state index contributed by atoms with van der Waals surface area (Å²) in [5, 5.41) is 4.66. The Morgan fingerprint density at radius 1 is 1.11 bits per heavy atom. The largest absolute Gasteiger partial charge is 0.496 e. The number of methoxy groups -OCH3 is 2. The van der Waals surface area contributed by atoms with Gasteiger partial charge in [0.25, 0.3) is 0 Å². The van der Waals surface area contributed by atoms with Gasteiger partial charge < -0.3 is 14.5 Å². The number of ether oxygens (including phenoxy) is 2. The average Bonchev–Trinajstić information content (AvgIpc) is 3.06. The van der Waals surface area contributed by atoms with E-state index in [4.69, 9.17) is 9.47 Å². The first-order valence-corrected chi connectivity index (χ1v) is 9.12. The summed E-state index contributed by atoms with van der Waals surface area (Å²) < 4.78 is 10.5. The van der Waals surface area contributed by atoms with Crippen LogP contribution in [0.5, 0.6) is 5.75 Å². The number of aromatic nitrogens is 1. The van der Waals surface area contributed by atoms with Crippen molar-refractivity contribution >= 4 is 16.9 Å². The summed E-state index contributed by atoms with van der Waals surface area (Å²) in [6, 6.07) is 11.9. The molecule has 0 fully saturated rings. The molecule has 2 aromatic carbocycles. The van der Waals surface area contributed by atoms with Gasteiger partial charge >= 0.3 is 5.97 Å². The number of hydrogen-bond donors (Lipinski definition) is 2. The Kier molecular flexibility index (Phi) is 4.40. The molecule has 0 bridgehead atoms. The SMILES string of the molecule is COC(=O)C1Cc2c([nH]c3ccccc23)C(c2cc(C)c(OC)cc2C)N1. The van der Waals surface area contributed by atoms with Crippen LogP contribution >= 0.6 is 0 Å². The van der Waals surface area contributed by atoms with Gasteiger partial charge in [-0.2, -0.15) is 0 Å². The highest BCUT2D eigenvalue weighted by molar-refractivity contribution is 5.87. The molecule has 0 amide bonds. The number of hydrogen-bond acceptors (Lipinski definition) is 4. The van der Waals surface area contributed by atoms with Gasteiger partial charge in [-0.1, -0.05) is 24.3 Å². The van der Waals surface area contributed by atoms with Crippen LogP contribution in [0, 0.1) is 13.8 Å². The first kappa shape index (κ1) is 17.6. The molecule has 5 nitrogen and oxygen atoms in total. The van der Waals surface area contributed by atoms with Gasteiger partial charge in [-0.3, -0.25) is 10.1 Å². The van der Waals surface area contributed by atoms with Gasteiger partial charge in [0.15, 0.2) is 0 Å². The Hall–Kier alpha value is -2.79. The second-order valence-electron chi connectivity index (χ2n) is 7.12. The Labute approximate surface area is 158 Å². The lowest BCUT2D eigenvalue weighted by Gasteiger charge is -2.31. The highest BCUT2D eigenvalue weighted by atomic mass is 16.5. The molecule has 0 radical (unpaired) electrons. The van der Waals surface area contributed by atoms with Crippen LogP contribution in [0.2, 0.25) is 0 Å². The quantitative estimate of drug-likeness (QED) is 0.698. The van der Waals surface area contributed by atoms with E-state index in [2.05, 4.69) is 41.5 Å². The number of carbonyl (C=O) groups is 1. The van der Waals surface area contributed by atoms with E-state index in [0.29, 0.717) is 6.42 Å². The maximum Gasteiger partial charge on any atom is 0.323 e. The van der Waals surface area contributed by atoms with Crippen molar-refractivity contribution in [3.8, 4) is 5.75 Å². The van der Waals surface area contributed by atoms with E-state index in [1.807, 2.05) is 19.1 Å². The molecule has 27 heavy (non-hydrogen) atoms. The predicted molar refractivity (Wildman–Crippen MR) is 105 cm³/mol. The summed E-state index contributed by atoms with van der Waals surface area (Å²) in [7, 11) is 3.12. The Morgan fingerprint density at radius 2 is 1.89 bits per heavy atom. The summed E-state index contributed by atoms with van der Waals surface area (Å²) in [5.74, 6) is 0.632. The number of rotatable bonds is 3. The maximum atomic E-state index is 12.3. The smallest absolute Gasteiger partial charge is 0.323 e. The van der Waals surface area contributed by atoms with Gasteiger partial charge in [0, 0.05) is 23.0 Å². The van der Waals surface area contributed by atoms with Crippen molar-refractivity contribution in [1.82, 2.24) is 10.3 Å². The second-order valence-corrected chi connectivity index (χ2v) is 7.12. The maximum absolute atomic E-state index is 12.3. The number of carbonyl (C=O) groups excluding carboxylic acids is 1. The molecular formula is C22H24N2O3. The van der Waals surface area contributed by atoms with Crippen molar-refractivity contribution in [2.45, 2.75) is 32.4 Å². The standard InChI is InChI=1S/C22H24N2O3/c1-12-10-19(26-3)13(2)9-15(12)20-21-16(11-18(24-20)22(25)27-4)14-7-5-6-8-17(14)23-21/h5-10,18,20,23-24H,11H2,1-4H3. The van der Waals surface area contributed by atoms with E-state index in [1.165, 1.54) is 12.7 Å². The third-order valence-electron chi connectivity index (χ3n) is 5.49. The molecule has 0 saturated carbocycles. The minimum Gasteiger partial charge on any atom is -0.496 e. The molecule has 4 rings (SSSR count). The van der Waals surface area contributed by atoms with Crippen LogP contribution in [-0.4, -0.2) is 31.2 Å². The van der Waals surface area contributed by atoms with Gasteiger partial charge in [-0.15, -0.1) is 0 Å². The Balaban J connectivity index is 1.90. The lowest BCUT2D eigenvalue weighted by atomic mass is 9.88. The molecule has 0 spiro atoms. The van der Waals surface area contributed by atoms with Crippen LogP contribution < -0.4 is 10.1 Å². The zero-order valence-electron chi connectivity index (χ0n) is 16.1. The number of benzene rings is 2.